The van der Waals surface area contributed by atoms with Crippen LogP contribution in [0.2, 0.25) is 0 Å². The Morgan fingerprint density at radius 3 is 3.20 bits per heavy atom. The fourth-order valence-corrected chi connectivity index (χ4v) is 3.34. The third-order valence-corrected chi connectivity index (χ3v) is 4.37. The van der Waals surface area contributed by atoms with E-state index in [1.54, 1.807) is 6.33 Å². The van der Waals surface area contributed by atoms with Gasteiger partial charge in [-0.15, -0.1) is 0 Å². The molecule has 0 aliphatic carbocycles. The number of hydrogen-bond donors (Lipinski definition) is 2. The Balaban J connectivity index is 1.80. The molecule has 0 aromatic carbocycles. The van der Waals surface area contributed by atoms with Crippen LogP contribution in [0.4, 0.5) is 0 Å². The fraction of sp³-hybridized carbons (Fsp3) is 0.727. The van der Waals surface area contributed by atoms with Crippen molar-refractivity contribution in [2.45, 2.75) is 32.9 Å². The Morgan fingerprint density at radius 2 is 2.53 bits per heavy atom. The van der Waals surface area contributed by atoms with Crippen molar-refractivity contribution in [2.75, 3.05) is 11.5 Å². The molecule has 1 saturated heterocycles. The van der Waals surface area contributed by atoms with Crippen molar-refractivity contribution in [1.82, 2.24) is 15.3 Å². The number of imidazole rings is 1. The minimum absolute atomic E-state index is 0.481. The highest BCUT2D eigenvalue weighted by Crippen LogP contribution is 2.33. The van der Waals surface area contributed by atoms with Gasteiger partial charge in [-0.3, -0.25) is 0 Å². The second-order valence-electron chi connectivity index (χ2n) is 5.04. The minimum Gasteiger partial charge on any atom is -0.347 e. The second kappa shape index (κ2) is 4.58. The molecule has 1 aromatic heterocycles. The predicted octanol–water partition coefficient (Wildman–Crippen LogP) is 2.03. The maximum Gasteiger partial charge on any atom is 0.0922 e. The van der Waals surface area contributed by atoms with Crippen LogP contribution in [0.5, 0.6) is 0 Å². The van der Waals surface area contributed by atoms with E-state index in [9.17, 15) is 0 Å². The molecule has 0 saturated carbocycles. The molecule has 1 atom stereocenters. The maximum atomic E-state index is 4.01. The maximum absolute atomic E-state index is 4.01. The molecule has 1 aliphatic heterocycles. The smallest absolute Gasteiger partial charge is 0.0922 e. The zero-order chi connectivity index (χ0) is 10.7. The van der Waals surface area contributed by atoms with E-state index in [4.69, 9.17) is 0 Å². The molecule has 0 amide bonds. The summed E-state index contributed by atoms with van der Waals surface area (Å²) in [7, 11) is 0. The van der Waals surface area contributed by atoms with Crippen LogP contribution in [-0.4, -0.2) is 27.5 Å². The number of nitrogens with zero attached hydrogens (tertiary/aromatic N) is 1. The second-order valence-corrected chi connectivity index (χ2v) is 6.07. The van der Waals surface area contributed by atoms with E-state index in [0.717, 1.165) is 6.54 Å². The quantitative estimate of drug-likeness (QED) is 0.827. The Bertz CT molecular complexity index is 295. The Labute approximate surface area is 95.4 Å². The van der Waals surface area contributed by atoms with E-state index in [1.807, 2.05) is 6.20 Å². The van der Waals surface area contributed by atoms with Gasteiger partial charge in [-0.1, -0.05) is 13.8 Å². The molecule has 2 heterocycles. The third kappa shape index (κ3) is 3.24. The van der Waals surface area contributed by atoms with Crippen LogP contribution in [0.25, 0.3) is 0 Å². The average Bonchev–Trinajstić information content (AvgIpc) is 2.65. The van der Waals surface area contributed by atoms with Crippen LogP contribution < -0.4 is 5.32 Å². The number of aromatic amines is 1. The third-order valence-electron chi connectivity index (χ3n) is 2.75. The van der Waals surface area contributed by atoms with Gasteiger partial charge >= 0.3 is 0 Å². The molecule has 84 valence electrons. The molecule has 1 aromatic rings. The van der Waals surface area contributed by atoms with Gasteiger partial charge in [0.15, 0.2) is 0 Å². The van der Waals surface area contributed by atoms with Crippen LogP contribution in [0.1, 0.15) is 26.0 Å². The van der Waals surface area contributed by atoms with Crippen LogP contribution in [-0.2, 0) is 6.54 Å². The summed E-state index contributed by atoms with van der Waals surface area (Å²) >= 11 is 2.06. The molecule has 2 N–H and O–H groups in total. The first-order valence-corrected chi connectivity index (χ1v) is 6.60. The van der Waals surface area contributed by atoms with Crippen molar-refractivity contribution in [3.05, 3.63) is 18.2 Å². The van der Waals surface area contributed by atoms with Crippen molar-refractivity contribution < 1.29 is 0 Å². The van der Waals surface area contributed by atoms with Gasteiger partial charge in [0.25, 0.3) is 0 Å². The first-order valence-electron chi connectivity index (χ1n) is 5.44. The number of thioether (sulfide) groups is 1. The van der Waals surface area contributed by atoms with Gasteiger partial charge in [0.2, 0.25) is 0 Å². The molecule has 0 spiro atoms. The molecule has 1 fully saturated rings. The van der Waals surface area contributed by atoms with Gasteiger partial charge in [-0.05, 0) is 17.6 Å². The van der Waals surface area contributed by atoms with Gasteiger partial charge in [0, 0.05) is 30.2 Å². The van der Waals surface area contributed by atoms with Crippen LogP contribution in [0.3, 0.4) is 0 Å². The summed E-state index contributed by atoms with van der Waals surface area (Å²) in [6.45, 7) is 5.61. The highest BCUT2D eigenvalue weighted by molar-refractivity contribution is 7.99. The van der Waals surface area contributed by atoms with Crippen molar-refractivity contribution in [3.63, 3.8) is 0 Å². The molecule has 0 radical (unpaired) electrons. The summed E-state index contributed by atoms with van der Waals surface area (Å²) < 4.78 is 0. The molecular formula is C11H19N3S. The van der Waals surface area contributed by atoms with Crippen molar-refractivity contribution in [2.24, 2.45) is 5.41 Å². The molecule has 3 nitrogen and oxygen atoms in total. The zero-order valence-corrected chi connectivity index (χ0v) is 10.2. The van der Waals surface area contributed by atoms with Crippen molar-refractivity contribution in [1.29, 1.82) is 0 Å². The SMILES string of the molecule is CC1(C)CSCC(NCc2cnc[nH]2)C1. The van der Waals surface area contributed by atoms with Gasteiger partial charge < -0.3 is 10.3 Å². The van der Waals surface area contributed by atoms with E-state index in [0.29, 0.717) is 11.5 Å². The zero-order valence-electron chi connectivity index (χ0n) is 9.42. The van der Waals surface area contributed by atoms with Crippen molar-refractivity contribution >= 4 is 11.8 Å². The molecule has 1 aliphatic rings. The largest absolute Gasteiger partial charge is 0.347 e. The lowest BCUT2D eigenvalue weighted by molar-refractivity contribution is 0.317. The normalized spacial score (nSPS) is 25.3. The first kappa shape index (κ1) is 11.0. The van der Waals surface area contributed by atoms with Crippen LogP contribution in [0, 0.1) is 5.41 Å². The number of hydrogen-bond acceptors (Lipinski definition) is 3. The average molecular weight is 225 g/mol. The standard InChI is InChI=1S/C11H19N3S/c1-11(2)3-9(6-15-7-11)13-5-10-4-12-8-14-10/h4,8-9,13H,3,5-7H2,1-2H3,(H,12,14). The molecular weight excluding hydrogens is 206 g/mol. The summed E-state index contributed by atoms with van der Waals surface area (Å²) in [5.41, 5.74) is 1.65. The summed E-state index contributed by atoms with van der Waals surface area (Å²) in [5, 5.41) is 3.59. The van der Waals surface area contributed by atoms with E-state index in [2.05, 4.69) is 40.9 Å². The van der Waals surface area contributed by atoms with E-state index >= 15 is 0 Å². The summed E-state index contributed by atoms with van der Waals surface area (Å²) in [5.74, 6) is 2.52. The fourth-order valence-electron chi connectivity index (χ4n) is 2.03. The molecule has 1 unspecified atom stereocenters. The number of rotatable bonds is 3. The topological polar surface area (TPSA) is 40.7 Å². The monoisotopic (exact) mass is 225 g/mol. The lowest BCUT2D eigenvalue weighted by Crippen LogP contribution is -2.40. The van der Waals surface area contributed by atoms with E-state index in [1.165, 1.54) is 23.6 Å². The molecule has 4 heteroatoms. The van der Waals surface area contributed by atoms with Crippen LogP contribution in [0.15, 0.2) is 12.5 Å². The van der Waals surface area contributed by atoms with E-state index < -0.39 is 0 Å². The summed E-state index contributed by atoms with van der Waals surface area (Å²) in [6.07, 6.45) is 4.89. The van der Waals surface area contributed by atoms with Gasteiger partial charge in [-0.2, -0.15) is 11.8 Å². The lowest BCUT2D eigenvalue weighted by atomic mass is 9.88. The minimum atomic E-state index is 0.481. The number of aromatic nitrogens is 2. The van der Waals surface area contributed by atoms with Gasteiger partial charge in [-0.25, -0.2) is 4.98 Å². The number of H-pyrrole nitrogens is 1. The highest BCUT2D eigenvalue weighted by Gasteiger charge is 2.27. The molecule has 15 heavy (non-hydrogen) atoms. The predicted molar refractivity (Wildman–Crippen MR) is 64.9 cm³/mol. The summed E-state index contributed by atoms with van der Waals surface area (Å²) in [6, 6.07) is 0.641. The molecule has 0 bridgehead atoms. The van der Waals surface area contributed by atoms with Gasteiger partial charge in [0.05, 0.1) is 6.33 Å². The Hall–Kier alpha value is -0.480. The Morgan fingerprint density at radius 1 is 1.67 bits per heavy atom. The first-order chi connectivity index (χ1) is 7.16. The molecule has 2 rings (SSSR count). The highest BCUT2D eigenvalue weighted by atomic mass is 32.2. The Kier molecular flexibility index (Phi) is 3.36. The lowest BCUT2D eigenvalue weighted by Gasteiger charge is -2.35. The van der Waals surface area contributed by atoms with Gasteiger partial charge in [0.1, 0.15) is 0 Å². The van der Waals surface area contributed by atoms with E-state index in [-0.39, 0.29) is 0 Å². The number of nitrogens with one attached hydrogen (secondary N) is 2. The summed E-state index contributed by atoms with van der Waals surface area (Å²) in [4.78, 5) is 7.13. The van der Waals surface area contributed by atoms with Crippen LogP contribution >= 0.6 is 11.8 Å². The van der Waals surface area contributed by atoms with Crippen molar-refractivity contribution in [3.8, 4) is 0 Å².